The van der Waals surface area contributed by atoms with E-state index in [4.69, 9.17) is 9.47 Å². The third-order valence-electron chi connectivity index (χ3n) is 4.94. The van der Waals surface area contributed by atoms with Crippen LogP contribution in [-0.4, -0.2) is 80.7 Å². The van der Waals surface area contributed by atoms with E-state index in [1.807, 2.05) is 32.0 Å². The van der Waals surface area contributed by atoms with Crippen molar-refractivity contribution >= 4 is 29.9 Å². The molecule has 0 aliphatic carbocycles. The quantitative estimate of drug-likeness (QED) is 0.191. The summed E-state index contributed by atoms with van der Waals surface area (Å²) in [5, 5.41) is 17.3. The fourth-order valence-electron chi connectivity index (χ4n) is 3.42. The molecule has 1 aliphatic heterocycles. The maximum absolute atomic E-state index is 10.7. The molecule has 0 spiro atoms. The molecule has 1 atom stereocenters. The molecule has 3 N–H and O–H groups in total. The summed E-state index contributed by atoms with van der Waals surface area (Å²) in [5.74, 6) is 1.61. The van der Waals surface area contributed by atoms with Crippen molar-refractivity contribution in [1.29, 1.82) is 0 Å². The molecule has 1 aliphatic rings. The van der Waals surface area contributed by atoms with Gasteiger partial charge in [-0.25, -0.2) is 0 Å². The first kappa shape index (κ1) is 27.9. The van der Waals surface area contributed by atoms with Crippen molar-refractivity contribution in [3.8, 4) is 5.75 Å². The van der Waals surface area contributed by atoms with Crippen molar-refractivity contribution in [3.63, 3.8) is 0 Å². The van der Waals surface area contributed by atoms with Crippen LogP contribution in [0.4, 0.5) is 0 Å². The summed E-state index contributed by atoms with van der Waals surface area (Å²) >= 11 is 0. The van der Waals surface area contributed by atoms with Crippen LogP contribution in [0, 0.1) is 0 Å². The van der Waals surface area contributed by atoms with E-state index < -0.39 is 5.60 Å². The van der Waals surface area contributed by atoms with Gasteiger partial charge in [-0.15, -0.1) is 24.0 Å². The molecule has 1 aromatic carbocycles. The molecule has 0 amide bonds. The Kier molecular flexibility index (Phi) is 12.1. The first-order valence-electron chi connectivity index (χ1n) is 11.0. The number of nitrogens with zero attached hydrogens (tertiary/aromatic N) is 2. The summed E-state index contributed by atoms with van der Waals surface area (Å²) in [6.45, 7) is 16.4. The largest absolute Gasteiger partial charge is 0.491 e. The van der Waals surface area contributed by atoms with Crippen LogP contribution in [-0.2, 0) is 10.2 Å². The smallest absolute Gasteiger partial charge is 0.191 e. The van der Waals surface area contributed by atoms with E-state index in [1.54, 1.807) is 0 Å². The number of aliphatic imine (C=N–C) groups is 1. The average molecular weight is 549 g/mol. The molecule has 8 heteroatoms. The molecule has 0 radical (unpaired) electrons. The Morgan fingerprint density at radius 2 is 1.84 bits per heavy atom. The zero-order chi connectivity index (χ0) is 22.0. The Bertz CT molecular complexity index is 671. The minimum Gasteiger partial charge on any atom is -0.491 e. The lowest BCUT2D eigenvalue weighted by molar-refractivity contribution is -0.0179. The topological polar surface area (TPSA) is 78.4 Å². The predicted molar refractivity (Wildman–Crippen MR) is 138 cm³/mol. The van der Waals surface area contributed by atoms with Crippen LogP contribution in [0.2, 0.25) is 0 Å². The SMILES string of the molecule is CCNC(=NCC(C)(O)CN1CCOCC1)NCCOc1ccccc1C(C)(C)C.I. The van der Waals surface area contributed by atoms with Gasteiger partial charge in [0.05, 0.1) is 31.9 Å². The standard InChI is InChI=1S/C23H40N4O3.HI/c1-6-24-21(26-17-23(5,28)18-27-12-15-29-16-13-27)25-11-14-30-20-10-8-7-9-19(20)22(2,3)4;/h7-10,28H,6,11-18H2,1-5H3,(H2,24,25,26);1H. The van der Waals surface area contributed by atoms with Gasteiger partial charge >= 0.3 is 0 Å². The van der Waals surface area contributed by atoms with Crippen LogP contribution < -0.4 is 15.4 Å². The number of hydrogen-bond donors (Lipinski definition) is 3. The molecular formula is C23H41IN4O3. The van der Waals surface area contributed by atoms with Crippen LogP contribution in [0.1, 0.15) is 40.2 Å². The minimum atomic E-state index is -0.887. The molecule has 2 rings (SSSR count). The third kappa shape index (κ3) is 10.4. The summed E-state index contributed by atoms with van der Waals surface area (Å²) in [6, 6.07) is 8.18. The van der Waals surface area contributed by atoms with Crippen molar-refractivity contribution in [2.45, 2.75) is 45.6 Å². The van der Waals surface area contributed by atoms with Crippen LogP contribution in [0.25, 0.3) is 0 Å². The lowest BCUT2D eigenvalue weighted by Crippen LogP contribution is -2.48. The fraction of sp³-hybridized carbons (Fsp3) is 0.696. The summed E-state index contributed by atoms with van der Waals surface area (Å²) in [4.78, 5) is 6.81. The van der Waals surface area contributed by atoms with Gasteiger partial charge < -0.3 is 25.2 Å². The molecule has 0 bridgehead atoms. The number of β-amino-alcohol motifs (C(OH)–C–C–N with tert-alkyl or cyclic N) is 1. The molecule has 178 valence electrons. The predicted octanol–water partition coefficient (Wildman–Crippen LogP) is 2.62. The van der Waals surface area contributed by atoms with Crippen LogP contribution in [0.3, 0.4) is 0 Å². The highest BCUT2D eigenvalue weighted by Gasteiger charge is 2.25. The number of para-hydroxylation sites is 1. The maximum Gasteiger partial charge on any atom is 0.191 e. The lowest BCUT2D eigenvalue weighted by Gasteiger charge is -2.33. The average Bonchev–Trinajstić information content (AvgIpc) is 2.69. The second kappa shape index (κ2) is 13.4. The molecule has 31 heavy (non-hydrogen) atoms. The van der Waals surface area contributed by atoms with Gasteiger partial charge in [-0.2, -0.15) is 0 Å². The van der Waals surface area contributed by atoms with Crippen molar-refractivity contribution in [3.05, 3.63) is 29.8 Å². The van der Waals surface area contributed by atoms with Gasteiger partial charge in [0.1, 0.15) is 12.4 Å². The molecule has 1 unspecified atom stereocenters. The van der Waals surface area contributed by atoms with E-state index in [0.717, 1.165) is 38.6 Å². The number of guanidine groups is 1. The van der Waals surface area contributed by atoms with Gasteiger partial charge in [0.15, 0.2) is 5.96 Å². The van der Waals surface area contributed by atoms with Crippen LogP contribution in [0.15, 0.2) is 29.3 Å². The molecule has 0 saturated carbocycles. The molecule has 1 saturated heterocycles. The van der Waals surface area contributed by atoms with Crippen molar-refractivity contribution in [1.82, 2.24) is 15.5 Å². The number of hydrogen-bond acceptors (Lipinski definition) is 5. The van der Waals surface area contributed by atoms with Crippen molar-refractivity contribution < 1.29 is 14.6 Å². The number of benzene rings is 1. The number of halogens is 1. The van der Waals surface area contributed by atoms with E-state index in [-0.39, 0.29) is 29.4 Å². The summed E-state index contributed by atoms with van der Waals surface area (Å²) in [7, 11) is 0. The van der Waals surface area contributed by atoms with E-state index in [2.05, 4.69) is 47.4 Å². The van der Waals surface area contributed by atoms with E-state index in [0.29, 0.717) is 32.2 Å². The number of rotatable bonds is 9. The maximum atomic E-state index is 10.7. The highest BCUT2D eigenvalue weighted by atomic mass is 127. The Morgan fingerprint density at radius 3 is 2.48 bits per heavy atom. The van der Waals surface area contributed by atoms with Gasteiger partial charge in [0.25, 0.3) is 0 Å². The summed E-state index contributed by atoms with van der Waals surface area (Å²) in [6.07, 6.45) is 0. The molecule has 0 aromatic heterocycles. The first-order chi connectivity index (χ1) is 14.2. The Balaban J connectivity index is 0.00000480. The zero-order valence-corrected chi connectivity index (χ0v) is 22.1. The second-order valence-electron chi connectivity index (χ2n) is 9.10. The Hall–Kier alpha value is -1.10. The van der Waals surface area contributed by atoms with Gasteiger partial charge in [-0.3, -0.25) is 9.89 Å². The van der Waals surface area contributed by atoms with Crippen LogP contribution >= 0.6 is 24.0 Å². The highest BCUT2D eigenvalue weighted by Crippen LogP contribution is 2.30. The second-order valence-corrected chi connectivity index (χ2v) is 9.10. The normalized spacial score (nSPS) is 17.4. The van der Waals surface area contributed by atoms with E-state index >= 15 is 0 Å². The van der Waals surface area contributed by atoms with E-state index in [1.165, 1.54) is 5.56 Å². The third-order valence-corrected chi connectivity index (χ3v) is 4.94. The summed E-state index contributed by atoms with van der Waals surface area (Å²) in [5.41, 5.74) is 0.346. The zero-order valence-electron chi connectivity index (χ0n) is 19.7. The number of aliphatic hydroxyl groups is 1. The molecular weight excluding hydrogens is 507 g/mol. The number of morpholine rings is 1. The van der Waals surface area contributed by atoms with Gasteiger partial charge in [0.2, 0.25) is 0 Å². The number of ether oxygens (including phenoxy) is 2. The molecule has 1 fully saturated rings. The minimum absolute atomic E-state index is 0. The van der Waals surface area contributed by atoms with Crippen molar-refractivity contribution in [2.75, 3.05) is 59.1 Å². The Labute approximate surface area is 205 Å². The summed E-state index contributed by atoms with van der Waals surface area (Å²) < 4.78 is 11.4. The van der Waals surface area contributed by atoms with Gasteiger partial charge in [-0.05, 0) is 30.9 Å². The molecule has 7 nitrogen and oxygen atoms in total. The van der Waals surface area contributed by atoms with Gasteiger partial charge in [-0.1, -0.05) is 39.0 Å². The lowest BCUT2D eigenvalue weighted by atomic mass is 9.86. The van der Waals surface area contributed by atoms with Crippen LogP contribution in [0.5, 0.6) is 5.75 Å². The Morgan fingerprint density at radius 1 is 1.16 bits per heavy atom. The highest BCUT2D eigenvalue weighted by molar-refractivity contribution is 14.0. The fourth-order valence-corrected chi connectivity index (χ4v) is 3.42. The first-order valence-corrected chi connectivity index (χ1v) is 11.0. The van der Waals surface area contributed by atoms with Crippen molar-refractivity contribution in [2.24, 2.45) is 4.99 Å². The molecule has 1 heterocycles. The number of nitrogens with one attached hydrogen (secondary N) is 2. The molecule has 1 aromatic rings. The van der Waals surface area contributed by atoms with E-state index in [9.17, 15) is 5.11 Å². The van der Waals surface area contributed by atoms with Gasteiger partial charge in [0, 0.05) is 26.2 Å². The monoisotopic (exact) mass is 548 g/mol.